The number of ketones is 1. The van der Waals surface area contributed by atoms with Gasteiger partial charge in [0.15, 0.2) is 12.4 Å². The number of nitro groups is 1. The summed E-state index contributed by atoms with van der Waals surface area (Å²) < 4.78 is 5.31. The van der Waals surface area contributed by atoms with E-state index in [0.717, 1.165) is 0 Å². The van der Waals surface area contributed by atoms with E-state index in [2.05, 4.69) is 5.32 Å². The number of carbonyl (C=O) groups is 2. The lowest BCUT2D eigenvalue weighted by molar-refractivity contribution is -0.384. The number of non-ortho nitro benzene ring substituents is 1. The van der Waals surface area contributed by atoms with Gasteiger partial charge in [-0.25, -0.2) is 0 Å². The van der Waals surface area contributed by atoms with Crippen LogP contribution in [0, 0.1) is 10.1 Å². The first kappa shape index (κ1) is 18.8. The van der Waals surface area contributed by atoms with Crippen molar-refractivity contribution >= 4 is 23.1 Å². The van der Waals surface area contributed by atoms with Crippen molar-refractivity contribution in [3.63, 3.8) is 0 Å². The second-order valence-electron chi connectivity index (χ2n) is 5.83. The van der Waals surface area contributed by atoms with Gasteiger partial charge in [-0.1, -0.05) is 48.5 Å². The average molecular weight is 376 g/mol. The highest BCUT2D eigenvalue weighted by atomic mass is 16.6. The first-order chi connectivity index (χ1) is 13.5. The first-order valence-electron chi connectivity index (χ1n) is 8.40. The van der Waals surface area contributed by atoms with E-state index in [0.29, 0.717) is 16.8 Å². The van der Waals surface area contributed by atoms with Gasteiger partial charge in [0.1, 0.15) is 5.75 Å². The molecule has 0 aromatic heterocycles. The van der Waals surface area contributed by atoms with Crippen LogP contribution in [0.4, 0.5) is 11.4 Å². The molecule has 140 valence electrons. The Kier molecular flexibility index (Phi) is 5.76. The Hall–Kier alpha value is -4.00. The third-order valence-corrected chi connectivity index (χ3v) is 3.88. The summed E-state index contributed by atoms with van der Waals surface area (Å²) in [5, 5.41) is 13.4. The van der Waals surface area contributed by atoms with Crippen LogP contribution in [0.1, 0.15) is 15.9 Å². The van der Waals surface area contributed by atoms with Crippen molar-refractivity contribution in [2.24, 2.45) is 0 Å². The highest BCUT2D eigenvalue weighted by Crippen LogP contribution is 2.21. The molecule has 0 aliphatic heterocycles. The molecular formula is C21H16N2O5. The topological polar surface area (TPSA) is 98.5 Å². The Bertz CT molecular complexity index is 1020. The molecule has 3 aromatic rings. The molecule has 3 aromatic carbocycles. The molecule has 28 heavy (non-hydrogen) atoms. The van der Waals surface area contributed by atoms with E-state index < -0.39 is 10.8 Å². The van der Waals surface area contributed by atoms with Crippen LogP contribution in [0.2, 0.25) is 0 Å². The second-order valence-corrected chi connectivity index (χ2v) is 5.83. The fourth-order valence-corrected chi connectivity index (χ4v) is 2.56. The highest BCUT2D eigenvalue weighted by Gasteiger charge is 2.15. The Morgan fingerprint density at radius 3 is 2.39 bits per heavy atom. The third-order valence-electron chi connectivity index (χ3n) is 3.88. The summed E-state index contributed by atoms with van der Waals surface area (Å²) in [4.78, 5) is 35.2. The Balaban J connectivity index is 1.69. The summed E-state index contributed by atoms with van der Waals surface area (Å²) in [7, 11) is 0. The van der Waals surface area contributed by atoms with Gasteiger partial charge < -0.3 is 10.1 Å². The molecule has 0 heterocycles. The quantitative estimate of drug-likeness (QED) is 0.384. The van der Waals surface area contributed by atoms with Crippen LogP contribution >= 0.6 is 0 Å². The number of rotatable bonds is 7. The Morgan fingerprint density at radius 1 is 0.929 bits per heavy atom. The highest BCUT2D eigenvalue weighted by molar-refractivity contribution is 6.13. The summed E-state index contributed by atoms with van der Waals surface area (Å²) in [6, 6.07) is 21.0. The maximum atomic E-state index is 12.7. The molecule has 0 atom stereocenters. The summed E-state index contributed by atoms with van der Waals surface area (Å²) in [5.41, 5.74) is 1.11. The first-order valence-corrected chi connectivity index (χ1v) is 8.40. The second kappa shape index (κ2) is 8.59. The normalized spacial score (nSPS) is 10.1. The van der Waals surface area contributed by atoms with Crippen molar-refractivity contribution in [2.75, 3.05) is 11.9 Å². The molecule has 1 amide bonds. The zero-order chi connectivity index (χ0) is 19.9. The van der Waals surface area contributed by atoms with E-state index in [1.165, 1.54) is 24.3 Å². The van der Waals surface area contributed by atoms with Crippen LogP contribution in [0.5, 0.6) is 5.75 Å². The number of nitro benzene ring substituents is 1. The number of hydrogen-bond donors (Lipinski definition) is 1. The molecule has 1 N–H and O–H groups in total. The number of anilines is 1. The fourth-order valence-electron chi connectivity index (χ4n) is 2.56. The molecule has 0 aliphatic carbocycles. The van der Waals surface area contributed by atoms with Crippen LogP contribution in [-0.4, -0.2) is 23.2 Å². The van der Waals surface area contributed by atoms with Gasteiger partial charge in [0, 0.05) is 17.2 Å². The molecule has 0 aliphatic rings. The maximum absolute atomic E-state index is 12.7. The van der Waals surface area contributed by atoms with Crippen molar-refractivity contribution in [3.05, 3.63) is 100 Å². The summed E-state index contributed by atoms with van der Waals surface area (Å²) in [5.74, 6) is -0.492. The van der Waals surface area contributed by atoms with Gasteiger partial charge in [0.05, 0.1) is 16.7 Å². The van der Waals surface area contributed by atoms with E-state index in [4.69, 9.17) is 4.74 Å². The average Bonchev–Trinajstić information content (AvgIpc) is 2.73. The maximum Gasteiger partial charge on any atom is 0.273 e. The molecule has 7 heteroatoms. The van der Waals surface area contributed by atoms with Crippen LogP contribution in [0.25, 0.3) is 0 Å². The standard InChI is InChI=1S/C21H16N2O5/c24-20(14-28-17-10-6-9-16(13-17)23(26)27)22-19-12-5-4-11-18(19)21(25)15-7-2-1-3-8-15/h1-13H,14H2,(H,22,24). The van der Waals surface area contributed by atoms with Gasteiger partial charge in [-0.3, -0.25) is 19.7 Å². The lowest BCUT2D eigenvalue weighted by Crippen LogP contribution is -2.21. The van der Waals surface area contributed by atoms with Crippen LogP contribution in [-0.2, 0) is 4.79 Å². The number of amides is 1. The number of para-hydroxylation sites is 1. The van der Waals surface area contributed by atoms with Gasteiger partial charge >= 0.3 is 0 Å². The largest absolute Gasteiger partial charge is 0.484 e. The van der Waals surface area contributed by atoms with Crippen molar-refractivity contribution in [3.8, 4) is 5.75 Å². The summed E-state index contributed by atoms with van der Waals surface area (Å²) in [6.07, 6.45) is 0. The van der Waals surface area contributed by atoms with E-state index in [1.807, 2.05) is 6.07 Å². The van der Waals surface area contributed by atoms with Crippen LogP contribution in [0.15, 0.2) is 78.9 Å². The van der Waals surface area contributed by atoms with E-state index in [-0.39, 0.29) is 23.8 Å². The third kappa shape index (κ3) is 4.59. The number of nitrogens with one attached hydrogen (secondary N) is 1. The molecular weight excluding hydrogens is 360 g/mol. The molecule has 0 fully saturated rings. The van der Waals surface area contributed by atoms with E-state index >= 15 is 0 Å². The minimum absolute atomic E-state index is 0.128. The number of carbonyl (C=O) groups excluding carboxylic acids is 2. The SMILES string of the molecule is O=C(COc1cccc([N+](=O)[O-])c1)Nc1ccccc1C(=O)c1ccccc1. The molecule has 0 spiro atoms. The number of nitrogens with zero attached hydrogens (tertiary/aromatic N) is 1. The minimum atomic E-state index is -0.543. The number of ether oxygens (including phenoxy) is 1. The molecule has 7 nitrogen and oxygen atoms in total. The summed E-state index contributed by atoms with van der Waals surface area (Å²) in [6.45, 7) is -0.352. The predicted molar refractivity (Wildman–Crippen MR) is 104 cm³/mol. The molecule has 3 rings (SSSR count). The van der Waals surface area contributed by atoms with E-state index in [1.54, 1.807) is 48.5 Å². The molecule has 0 radical (unpaired) electrons. The Labute approximate surface area is 160 Å². The molecule has 0 unspecified atom stereocenters. The van der Waals surface area contributed by atoms with Gasteiger partial charge in [-0.05, 0) is 18.2 Å². The fraction of sp³-hybridized carbons (Fsp3) is 0.0476. The zero-order valence-electron chi connectivity index (χ0n) is 14.7. The van der Waals surface area contributed by atoms with Gasteiger partial charge in [-0.15, -0.1) is 0 Å². The van der Waals surface area contributed by atoms with Crippen molar-refractivity contribution in [1.82, 2.24) is 0 Å². The van der Waals surface area contributed by atoms with Crippen molar-refractivity contribution in [1.29, 1.82) is 0 Å². The van der Waals surface area contributed by atoms with Crippen LogP contribution < -0.4 is 10.1 Å². The smallest absolute Gasteiger partial charge is 0.273 e. The molecule has 0 bridgehead atoms. The van der Waals surface area contributed by atoms with Crippen LogP contribution in [0.3, 0.4) is 0 Å². The number of benzene rings is 3. The Morgan fingerprint density at radius 2 is 1.64 bits per heavy atom. The lowest BCUT2D eigenvalue weighted by atomic mass is 10.0. The summed E-state index contributed by atoms with van der Waals surface area (Å²) >= 11 is 0. The lowest BCUT2D eigenvalue weighted by Gasteiger charge is -2.11. The van der Waals surface area contributed by atoms with Gasteiger partial charge in [-0.2, -0.15) is 0 Å². The van der Waals surface area contributed by atoms with Crippen molar-refractivity contribution < 1.29 is 19.2 Å². The molecule has 0 saturated heterocycles. The van der Waals surface area contributed by atoms with Crippen molar-refractivity contribution in [2.45, 2.75) is 0 Å². The predicted octanol–water partition coefficient (Wildman–Crippen LogP) is 3.84. The van der Waals surface area contributed by atoms with Gasteiger partial charge in [0.25, 0.3) is 11.6 Å². The monoisotopic (exact) mass is 376 g/mol. The molecule has 0 saturated carbocycles. The van der Waals surface area contributed by atoms with E-state index in [9.17, 15) is 19.7 Å². The number of hydrogen-bond acceptors (Lipinski definition) is 5. The zero-order valence-corrected chi connectivity index (χ0v) is 14.7. The minimum Gasteiger partial charge on any atom is -0.484 e. The van der Waals surface area contributed by atoms with Gasteiger partial charge in [0.2, 0.25) is 0 Å².